The summed E-state index contributed by atoms with van der Waals surface area (Å²) in [6.45, 7) is 0.228. The van der Waals surface area contributed by atoms with Crippen molar-refractivity contribution in [1.82, 2.24) is 14.5 Å². The monoisotopic (exact) mass is 499 g/mol. The Morgan fingerprint density at radius 2 is 1.68 bits per heavy atom. The van der Waals surface area contributed by atoms with Crippen LogP contribution in [0.25, 0.3) is 39.6 Å². The summed E-state index contributed by atoms with van der Waals surface area (Å²) in [6.07, 6.45) is 5.04. The molecule has 0 radical (unpaired) electrons. The average Bonchev–Trinajstić information content (AvgIpc) is 3.54. The van der Waals surface area contributed by atoms with Gasteiger partial charge in [-0.3, -0.25) is 4.57 Å². The number of pyridine rings is 1. The fourth-order valence-electron chi connectivity index (χ4n) is 5.74. The summed E-state index contributed by atoms with van der Waals surface area (Å²) in [7, 11) is 0. The molecule has 3 N–H and O–H groups in total. The van der Waals surface area contributed by atoms with Crippen LogP contribution in [-0.2, 0) is 5.54 Å². The second-order valence-corrected chi connectivity index (χ2v) is 10.2. The zero-order valence-corrected chi connectivity index (χ0v) is 20.6. The molecule has 3 aliphatic rings. The van der Waals surface area contributed by atoms with Gasteiger partial charge in [0.15, 0.2) is 17.3 Å². The Labute approximate surface area is 219 Å². The summed E-state index contributed by atoms with van der Waals surface area (Å²) < 4.78 is 13.5. The van der Waals surface area contributed by atoms with Crippen molar-refractivity contribution in [2.24, 2.45) is 5.73 Å². The van der Waals surface area contributed by atoms with Gasteiger partial charge >= 0.3 is 0 Å². The lowest BCUT2D eigenvalue weighted by Gasteiger charge is -2.38. The van der Waals surface area contributed by atoms with Crippen molar-refractivity contribution in [3.63, 3.8) is 0 Å². The van der Waals surface area contributed by atoms with Crippen LogP contribution in [0.2, 0.25) is 0 Å². The lowest BCUT2D eigenvalue weighted by molar-refractivity contribution is 0.174. The third-order valence-corrected chi connectivity index (χ3v) is 7.95. The summed E-state index contributed by atoms with van der Waals surface area (Å²) in [4.78, 5) is 9.99. The minimum Gasteiger partial charge on any atom is -0.454 e. The highest BCUT2D eigenvalue weighted by atomic mass is 16.7. The average molecular weight is 500 g/mol. The van der Waals surface area contributed by atoms with E-state index in [4.69, 9.17) is 25.2 Å². The highest BCUT2D eigenvalue weighted by molar-refractivity contribution is 5.91. The van der Waals surface area contributed by atoms with E-state index in [0.717, 1.165) is 75.4 Å². The van der Waals surface area contributed by atoms with E-state index in [2.05, 4.69) is 52.3 Å². The van der Waals surface area contributed by atoms with Crippen LogP contribution in [-0.4, -0.2) is 21.3 Å². The first-order valence-electron chi connectivity index (χ1n) is 12.9. The van der Waals surface area contributed by atoms with Gasteiger partial charge in [-0.25, -0.2) is 9.97 Å². The first-order chi connectivity index (χ1) is 18.7. The summed E-state index contributed by atoms with van der Waals surface area (Å²) >= 11 is 0. The fourth-order valence-corrected chi connectivity index (χ4v) is 5.74. The van der Waals surface area contributed by atoms with Crippen molar-refractivity contribution in [2.45, 2.75) is 24.8 Å². The Morgan fingerprint density at radius 3 is 2.53 bits per heavy atom. The molecule has 1 saturated carbocycles. The summed E-state index contributed by atoms with van der Waals surface area (Å²) in [5, 5.41) is 3.53. The molecule has 4 heterocycles. The highest BCUT2D eigenvalue weighted by Gasteiger charge is 2.34. The van der Waals surface area contributed by atoms with Gasteiger partial charge in [0.05, 0.1) is 22.8 Å². The number of hydrogen-bond donors (Lipinski definition) is 2. The molecule has 2 aliphatic heterocycles. The lowest BCUT2D eigenvalue weighted by Crippen LogP contribution is -2.43. The van der Waals surface area contributed by atoms with Crippen LogP contribution in [0.1, 0.15) is 24.8 Å². The zero-order chi connectivity index (χ0) is 25.3. The maximum absolute atomic E-state index is 6.65. The molecule has 3 aromatic carbocycles. The molecule has 5 aromatic rings. The van der Waals surface area contributed by atoms with E-state index >= 15 is 0 Å². The number of hydrogen-bond acceptors (Lipinski definition) is 6. The number of nitrogens with two attached hydrogens (primary N) is 1. The van der Waals surface area contributed by atoms with Crippen molar-refractivity contribution < 1.29 is 9.47 Å². The van der Waals surface area contributed by atoms with E-state index in [1.54, 1.807) is 0 Å². The molecule has 0 spiro atoms. The van der Waals surface area contributed by atoms with E-state index in [1.165, 1.54) is 12.0 Å². The van der Waals surface area contributed by atoms with Gasteiger partial charge in [-0.05, 0) is 67.3 Å². The van der Waals surface area contributed by atoms with Crippen molar-refractivity contribution in [3.8, 4) is 51.1 Å². The topological polar surface area (TPSA) is 87.2 Å². The molecule has 7 heteroatoms. The molecule has 1 aliphatic carbocycles. The van der Waals surface area contributed by atoms with Crippen LogP contribution in [0, 0.1) is 0 Å². The first-order valence-corrected chi connectivity index (χ1v) is 12.9. The molecule has 0 amide bonds. The van der Waals surface area contributed by atoms with Crippen LogP contribution < -0.4 is 20.5 Å². The maximum Gasteiger partial charge on any atom is 0.231 e. The van der Waals surface area contributed by atoms with Gasteiger partial charge in [0, 0.05) is 28.4 Å². The highest BCUT2D eigenvalue weighted by Crippen LogP contribution is 2.46. The summed E-state index contributed by atoms with van der Waals surface area (Å²) in [5.41, 5.74) is 14.4. The number of rotatable bonds is 3. The third-order valence-electron chi connectivity index (χ3n) is 7.95. The van der Waals surface area contributed by atoms with Gasteiger partial charge in [-0.15, -0.1) is 0 Å². The van der Waals surface area contributed by atoms with E-state index < -0.39 is 0 Å². The van der Waals surface area contributed by atoms with Gasteiger partial charge in [-0.2, -0.15) is 0 Å². The molecule has 38 heavy (non-hydrogen) atoms. The zero-order valence-electron chi connectivity index (χ0n) is 20.6. The predicted molar refractivity (Wildman–Crippen MR) is 147 cm³/mol. The van der Waals surface area contributed by atoms with Gasteiger partial charge in [0.1, 0.15) is 5.82 Å². The number of fused-ring (bicyclic) bond motifs is 6. The quantitative estimate of drug-likeness (QED) is 0.293. The lowest BCUT2D eigenvalue weighted by atomic mass is 9.72. The number of imidazole rings is 1. The fraction of sp³-hybridized carbons (Fsp3) is 0.161. The van der Waals surface area contributed by atoms with Crippen LogP contribution in [0.4, 0.5) is 11.5 Å². The van der Waals surface area contributed by atoms with Gasteiger partial charge in [0.25, 0.3) is 0 Å². The number of benzene rings is 3. The Morgan fingerprint density at radius 1 is 0.868 bits per heavy atom. The number of anilines is 2. The maximum atomic E-state index is 6.65. The van der Waals surface area contributed by atoms with Gasteiger partial charge < -0.3 is 20.5 Å². The van der Waals surface area contributed by atoms with Crippen LogP contribution in [0.15, 0.2) is 85.1 Å². The van der Waals surface area contributed by atoms with Crippen molar-refractivity contribution in [2.75, 3.05) is 12.1 Å². The molecule has 0 unspecified atom stereocenters. The largest absolute Gasteiger partial charge is 0.454 e. The Kier molecular flexibility index (Phi) is 4.48. The molecule has 186 valence electrons. The summed E-state index contributed by atoms with van der Waals surface area (Å²) in [5.74, 6) is 3.10. The molecule has 7 nitrogen and oxygen atoms in total. The van der Waals surface area contributed by atoms with Crippen molar-refractivity contribution >= 4 is 11.5 Å². The molecule has 0 bridgehead atoms. The van der Waals surface area contributed by atoms with E-state index in [-0.39, 0.29) is 12.3 Å². The third kappa shape index (κ3) is 3.12. The molecular weight excluding hydrogens is 474 g/mol. The molecular formula is C31H25N5O2. The molecule has 1 fully saturated rings. The smallest absolute Gasteiger partial charge is 0.231 e. The van der Waals surface area contributed by atoms with Crippen LogP contribution in [0.5, 0.6) is 11.5 Å². The SMILES string of the molecule is NC1(c2ccc(-c3c(-c4ccc5c(c4)OCO5)nc4n3-c3cccnc3Nc3ccccc3-4)cc2)CCC1. The van der Waals surface area contributed by atoms with E-state index in [9.17, 15) is 0 Å². The number of nitrogens with zero attached hydrogens (tertiary/aromatic N) is 3. The number of nitrogens with one attached hydrogen (secondary N) is 1. The molecule has 8 rings (SSSR count). The minimum absolute atomic E-state index is 0.216. The predicted octanol–water partition coefficient (Wildman–Crippen LogP) is 6.39. The standard InChI is InChI=1S/C31H25N5O2/c32-31(14-4-15-31)21-11-8-19(9-12-21)28-27(20-10-13-25-26(17-20)38-18-37-25)35-30-22-5-1-2-6-23(22)34-29-24(36(28)30)7-3-16-33-29/h1-3,5-13,16-17H,4,14-15,18,32H2,(H,33,34). The first kappa shape index (κ1) is 21.5. The number of para-hydroxylation sites is 1. The number of ether oxygens (including phenoxy) is 2. The van der Waals surface area contributed by atoms with E-state index in [1.807, 2.05) is 42.6 Å². The molecule has 0 atom stereocenters. The Balaban J connectivity index is 1.42. The normalized spacial score (nSPS) is 15.9. The van der Waals surface area contributed by atoms with Crippen molar-refractivity contribution in [1.29, 1.82) is 0 Å². The summed E-state index contributed by atoms with van der Waals surface area (Å²) in [6, 6.07) is 27.0. The van der Waals surface area contributed by atoms with Crippen LogP contribution in [0.3, 0.4) is 0 Å². The van der Waals surface area contributed by atoms with Gasteiger partial charge in [-0.1, -0.05) is 36.4 Å². The Bertz CT molecular complexity index is 1720. The second kappa shape index (κ2) is 7.94. The number of aromatic nitrogens is 3. The van der Waals surface area contributed by atoms with Gasteiger partial charge in [0.2, 0.25) is 6.79 Å². The minimum atomic E-state index is -0.216. The second-order valence-electron chi connectivity index (χ2n) is 10.2. The molecule has 2 aromatic heterocycles. The van der Waals surface area contributed by atoms with E-state index in [0.29, 0.717) is 0 Å². The Hall–Kier alpha value is -4.62. The van der Waals surface area contributed by atoms with Crippen LogP contribution >= 0.6 is 0 Å². The molecule has 0 saturated heterocycles. The van der Waals surface area contributed by atoms with Crippen molar-refractivity contribution in [3.05, 3.63) is 90.6 Å².